The molecule has 0 bridgehead atoms. The molecule has 10 nitrogen and oxygen atoms in total. The number of halogens is 2. The van der Waals surface area contributed by atoms with E-state index < -0.39 is 17.8 Å². The first-order chi connectivity index (χ1) is 18.4. The number of rotatable bonds is 6. The van der Waals surface area contributed by atoms with Gasteiger partial charge >= 0.3 is 11.9 Å². The monoisotopic (exact) mass is 522 g/mol. The molecule has 0 saturated heterocycles. The normalized spacial score (nSPS) is 11.2. The van der Waals surface area contributed by atoms with Gasteiger partial charge in [-0.25, -0.2) is 18.4 Å². The zero-order valence-corrected chi connectivity index (χ0v) is 20.2. The molecule has 0 spiro atoms. The predicted octanol–water partition coefficient (Wildman–Crippen LogP) is 7.02. The minimum Gasteiger partial charge on any atom is -0.464 e. The second-order valence-corrected chi connectivity index (χ2v) is 7.63. The van der Waals surface area contributed by atoms with Crippen LogP contribution in [-0.2, 0) is 14.3 Å². The van der Waals surface area contributed by atoms with E-state index in [2.05, 4.69) is 15.0 Å². The molecule has 0 atom stereocenters. The van der Waals surface area contributed by atoms with Gasteiger partial charge in [0.1, 0.15) is 34.2 Å². The molecule has 0 saturated carbocycles. The first-order valence-electron chi connectivity index (χ1n) is 11.3. The summed E-state index contributed by atoms with van der Waals surface area (Å²) in [6.07, 6.45) is 4.05. The molecular weight excluding hydrogens is 502 g/mol. The van der Waals surface area contributed by atoms with E-state index in [-0.39, 0.29) is 34.8 Å². The number of aromatic amines is 1. The molecular formula is C26H20F2N4O6. The summed E-state index contributed by atoms with van der Waals surface area (Å²) in [5.74, 6) is -2.04. The number of hydrogen-bond acceptors (Lipinski definition) is 7. The molecule has 0 fully saturated rings. The van der Waals surface area contributed by atoms with Crippen molar-refractivity contribution in [2.24, 2.45) is 5.11 Å². The highest BCUT2D eigenvalue weighted by Crippen LogP contribution is 2.29. The molecule has 0 aliphatic heterocycles. The first kappa shape index (κ1) is 26.0. The maximum Gasteiger partial charge on any atom is 0.354 e. The Morgan fingerprint density at radius 2 is 1.66 bits per heavy atom. The topological polar surface area (TPSA) is 143 Å². The first-order valence-corrected chi connectivity index (χ1v) is 11.3. The molecule has 3 aromatic heterocycles. The number of nitrogens with zero attached hydrogens (tertiary/aromatic N) is 3. The van der Waals surface area contributed by atoms with Crippen molar-refractivity contribution in [2.75, 3.05) is 13.2 Å². The van der Waals surface area contributed by atoms with Crippen molar-refractivity contribution in [1.82, 2.24) is 4.98 Å². The third-order valence-electron chi connectivity index (χ3n) is 5.30. The van der Waals surface area contributed by atoms with E-state index in [0.29, 0.717) is 34.0 Å². The number of carbonyl (C=O) groups excluding carboxylic acids is 2. The summed E-state index contributed by atoms with van der Waals surface area (Å²) in [5.41, 5.74) is 10.2. The third-order valence-corrected chi connectivity index (χ3v) is 5.30. The van der Waals surface area contributed by atoms with E-state index in [1.54, 1.807) is 26.0 Å². The van der Waals surface area contributed by atoms with Gasteiger partial charge in [0, 0.05) is 15.9 Å². The fourth-order valence-corrected chi connectivity index (χ4v) is 3.69. The minimum atomic E-state index is -0.755. The van der Waals surface area contributed by atoms with Gasteiger partial charge in [-0.05, 0) is 61.9 Å². The standard InChI is InChI=1S/C13H10FN3O3.C13H10FNO3/c1-2-19-13(18)11(16-17-15)7-8-3-4-10(14)9-5-6-20-12(8)9;1-2-17-13(16)11-5-8-10(15-11)6-9(14)7-3-4-18-12(7)8/h3-7H,2H2,1H3;3-6,15H,2H2,1H3/b11-7-;. The number of ether oxygens (including phenoxy) is 2. The lowest BCUT2D eigenvalue weighted by Crippen LogP contribution is -2.05. The molecule has 5 rings (SSSR count). The van der Waals surface area contributed by atoms with Crippen molar-refractivity contribution in [2.45, 2.75) is 13.8 Å². The second-order valence-electron chi connectivity index (χ2n) is 7.63. The zero-order valence-electron chi connectivity index (χ0n) is 20.2. The van der Waals surface area contributed by atoms with Crippen LogP contribution in [0.25, 0.3) is 49.4 Å². The summed E-state index contributed by atoms with van der Waals surface area (Å²) in [5, 5.41) is 4.63. The van der Waals surface area contributed by atoms with E-state index in [1.165, 1.54) is 42.9 Å². The Morgan fingerprint density at radius 1 is 0.974 bits per heavy atom. The lowest BCUT2D eigenvalue weighted by molar-refractivity contribution is -0.138. The maximum atomic E-state index is 13.7. The third kappa shape index (κ3) is 5.20. The summed E-state index contributed by atoms with van der Waals surface area (Å²) < 4.78 is 47.3. The van der Waals surface area contributed by atoms with E-state index in [1.807, 2.05) is 0 Å². The van der Waals surface area contributed by atoms with E-state index >= 15 is 0 Å². The maximum absolute atomic E-state index is 13.7. The van der Waals surface area contributed by atoms with Crippen LogP contribution in [0, 0.1) is 11.6 Å². The van der Waals surface area contributed by atoms with Crippen LogP contribution >= 0.6 is 0 Å². The zero-order chi connectivity index (χ0) is 27.2. The van der Waals surface area contributed by atoms with Gasteiger partial charge < -0.3 is 23.3 Å². The van der Waals surface area contributed by atoms with Crippen molar-refractivity contribution in [3.8, 4) is 0 Å². The van der Waals surface area contributed by atoms with E-state index in [0.717, 1.165) is 0 Å². The van der Waals surface area contributed by atoms with Crippen LogP contribution in [0.15, 0.2) is 68.6 Å². The lowest BCUT2D eigenvalue weighted by atomic mass is 10.1. The number of azide groups is 1. The number of esters is 2. The van der Waals surface area contributed by atoms with Crippen LogP contribution in [0.2, 0.25) is 0 Å². The highest BCUT2D eigenvalue weighted by Gasteiger charge is 2.16. The summed E-state index contributed by atoms with van der Waals surface area (Å²) in [7, 11) is 0. The molecule has 5 aromatic rings. The SMILES string of the molecule is CCOC(=O)/C(=C/c1ccc(F)c2ccoc12)N=[N+]=[N-].CCOC(=O)c1cc2c(cc(F)c3ccoc32)[nH]1. The molecule has 0 radical (unpaired) electrons. The van der Waals surface area contributed by atoms with Gasteiger partial charge in [-0.2, -0.15) is 0 Å². The van der Waals surface area contributed by atoms with Crippen molar-refractivity contribution in [3.05, 3.63) is 88.0 Å². The van der Waals surface area contributed by atoms with Gasteiger partial charge in [-0.1, -0.05) is 5.11 Å². The highest BCUT2D eigenvalue weighted by atomic mass is 19.1. The molecule has 0 amide bonds. The quantitative estimate of drug-likeness (QED) is 0.0834. The van der Waals surface area contributed by atoms with E-state index in [4.69, 9.17) is 23.8 Å². The van der Waals surface area contributed by atoms with Crippen molar-refractivity contribution < 1.29 is 36.7 Å². The average molecular weight is 522 g/mol. The number of hydrogen-bond donors (Lipinski definition) is 1. The number of nitrogens with one attached hydrogen (secondary N) is 1. The highest BCUT2D eigenvalue weighted by molar-refractivity contribution is 6.06. The van der Waals surface area contributed by atoms with E-state index in [9.17, 15) is 18.4 Å². The van der Waals surface area contributed by atoms with Crippen molar-refractivity contribution in [3.63, 3.8) is 0 Å². The van der Waals surface area contributed by atoms with Gasteiger partial charge in [0.15, 0.2) is 0 Å². The van der Waals surface area contributed by atoms with Gasteiger partial charge in [-0.15, -0.1) is 0 Å². The molecule has 12 heteroatoms. The molecule has 1 N–H and O–H groups in total. The molecule has 3 heterocycles. The van der Waals surface area contributed by atoms with Gasteiger partial charge in [0.25, 0.3) is 0 Å². The van der Waals surface area contributed by atoms with Crippen LogP contribution in [0.4, 0.5) is 8.78 Å². The fraction of sp³-hybridized carbons (Fsp3) is 0.154. The number of furan rings is 2. The summed E-state index contributed by atoms with van der Waals surface area (Å²) in [6, 6.07) is 8.64. The van der Waals surface area contributed by atoms with Gasteiger partial charge in [0.2, 0.25) is 0 Å². The second kappa shape index (κ2) is 11.3. The largest absolute Gasteiger partial charge is 0.464 e. The van der Waals surface area contributed by atoms with Crippen molar-refractivity contribution in [1.29, 1.82) is 0 Å². The van der Waals surface area contributed by atoms with Gasteiger partial charge in [-0.3, -0.25) is 0 Å². The average Bonchev–Trinajstić information content (AvgIpc) is 3.65. The number of aromatic nitrogens is 1. The number of benzene rings is 2. The molecule has 0 aliphatic rings. The van der Waals surface area contributed by atoms with Crippen LogP contribution in [0.1, 0.15) is 29.9 Å². The molecule has 0 unspecified atom stereocenters. The van der Waals surface area contributed by atoms with Crippen molar-refractivity contribution >= 4 is 50.9 Å². The molecule has 0 aliphatic carbocycles. The predicted molar refractivity (Wildman–Crippen MR) is 134 cm³/mol. The minimum absolute atomic E-state index is 0.150. The Balaban J connectivity index is 0.000000178. The Bertz CT molecular complexity index is 1730. The molecule has 38 heavy (non-hydrogen) atoms. The summed E-state index contributed by atoms with van der Waals surface area (Å²) >= 11 is 0. The lowest BCUT2D eigenvalue weighted by Gasteiger charge is -2.02. The molecule has 2 aromatic carbocycles. The Hall–Kier alpha value is -5.09. The van der Waals surface area contributed by atoms with Crippen LogP contribution in [0.3, 0.4) is 0 Å². The number of H-pyrrole nitrogens is 1. The molecule has 194 valence electrons. The smallest absolute Gasteiger partial charge is 0.354 e. The Kier molecular flexibility index (Phi) is 7.74. The fourth-order valence-electron chi connectivity index (χ4n) is 3.69. The summed E-state index contributed by atoms with van der Waals surface area (Å²) in [6.45, 7) is 3.80. The summed E-state index contributed by atoms with van der Waals surface area (Å²) in [4.78, 5) is 28.6. The van der Waals surface area contributed by atoms with Gasteiger partial charge in [0.05, 0.1) is 42.0 Å². The van der Waals surface area contributed by atoms with Crippen LogP contribution in [0.5, 0.6) is 0 Å². The van der Waals surface area contributed by atoms with Crippen LogP contribution < -0.4 is 0 Å². The van der Waals surface area contributed by atoms with Crippen LogP contribution in [-0.4, -0.2) is 30.1 Å². The number of carbonyl (C=O) groups is 2. The Morgan fingerprint density at radius 3 is 2.34 bits per heavy atom. The number of fused-ring (bicyclic) bond motifs is 4. The Labute approximate surface area is 213 Å².